The lowest BCUT2D eigenvalue weighted by atomic mass is 10.3. The lowest BCUT2D eigenvalue weighted by molar-refractivity contribution is 0.691. The van der Waals surface area contributed by atoms with Gasteiger partial charge in [0.1, 0.15) is 5.82 Å². The smallest absolute Gasteiger partial charge is 0.128 e. The zero-order valence-corrected chi connectivity index (χ0v) is 7.52. The molecule has 1 aliphatic rings. The third-order valence-corrected chi connectivity index (χ3v) is 2.17. The van der Waals surface area contributed by atoms with Crippen molar-refractivity contribution in [3.8, 4) is 0 Å². The van der Waals surface area contributed by atoms with Crippen molar-refractivity contribution in [3.63, 3.8) is 0 Å². The Hall–Kier alpha value is -1.03. The molecule has 1 aromatic heterocycles. The lowest BCUT2D eigenvalue weighted by Crippen LogP contribution is -2.09. The van der Waals surface area contributed by atoms with Crippen LogP contribution in [0, 0.1) is 0 Å². The van der Waals surface area contributed by atoms with E-state index >= 15 is 0 Å². The Balaban J connectivity index is 2.38. The maximum Gasteiger partial charge on any atom is 0.128 e. The number of anilines is 1. The molecule has 0 unspecified atom stereocenters. The van der Waals surface area contributed by atoms with E-state index in [4.69, 9.17) is 0 Å². The van der Waals surface area contributed by atoms with Crippen LogP contribution in [0.1, 0.15) is 18.2 Å². The van der Waals surface area contributed by atoms with E-state index in [1.807, 2.05) is 11.7 Å². The highest BCUT2D eigenvalue weighted by Gasteiger charge is 2.19. The van der Waals surface area contributed by atoms with Gasteiger partial charge in [0, 0.05) is 32.2 Å². The second-order valence-corrected chi connectivity index (χ2v) is 3.03. The summed E-state index contributed by atoms with van der Waals surface area (Å²) in [4.78, 5) is 0. The molecule has 66 valence electrons. The van der Waals surface area contributed by atoms with Crippen molar-refractivity contribution in [2.75, 3.05) is 11.9 Å². The summed E-state index contributed by atoms with van der Waals surface area (Å²) in [5.41, 5.74) is 2.52. The molecule has 0 fully saturated rings. The molecule has 4 nitrogen and oxygen atoms in total. The lowest BCUT2D eigenvalue weighted by Gasteiger charge is -2.05. The molecule has 0 aliphatic carbocycles. The quantitative estimate of drug-likeness (QED) is 0.670. The summed E-state index contributed by atoms with van der Waals surface area (Å²) in [6.45, 7) is 4.91. The highest BCUT2D eigenvalue weighted by molar-refractivity contribution is 5.49. The van der Waals surface area contributed by atoms with Crippen molar-refractivity contribution in [2.45, 2.75) is 20.0 Å². The average molecular weight is 166 g/mol. The molecule has 0 amide bonds. The predicted octanol–water partition coefficient (Wildman–Crippen LogP) is 0.455. The van der Waals surface area contributed by atoms with Crippen LogP contribution in [0.5, 0.6) is 0 Å². The van der Waals surface area contributed by atoms with Gasteiger partial charge in [0.05, 0.1) is 5.69 Å². The van der Waals surface area contributed by atoms with Crippen molar-refractivity contribution in [1.82, 2.24) is 15.1 Å². The van der Waals surface area contributed by atoms with Crippen LogP contribution in [0.15, 0.2) is 0 Å². The van der Waals surface area contributed by atoms with Gasteiger partial charge < -0.3 is 10.6 Å². The topological polar surface area (TPSA) is 41.9 Å². The Kier molecular flexibility index (Phi) is 1.77. The van der Waals surface area contributed by atoms with Gasteiger partial charge in [-0.2, -0.15) is 5.10 Å². The van der Waals surface area contributed by atoms with Crippen LogP contribution in [0.2, 0.25) is 0 Å². The highest BCUT2D eigenvalue weighted by atomic mass is 15.3. The first-order chi connectivity index (χ1) is 5.83. The number of hydrogen-bond acceptors (Lipinski definition) is 3. The monoisotopic (exact) mass is 166 g/mol. The fourth-order valence-electron chi connectivity index (χ4n) is 1.65. The largest absolute Gasteiger partial charge is 0.370 e. The van der Waals surface area contributed by atoms with Crippen LogP contribution in [0.4, 0.5) is 5.82 Å². The minimum absolute atomic E-state index is 0.911. The van der Waals surface area contributed by atoms with Gasteiger partial charge in [0.25, 0.3) is 0 Å². The maximum atomic E-state index is 4.40. The Bertz CT molecular complexity index is 289. The van der Waals surface area contributed by atoms with Gasteiger partial charge in [-0.05, 0) is 6.92 Å². The molecule has 2 rings (SSSR count). The molecular formula is C8H14N4. The molecule has 2 heterocycles. The van der Waals surface area contributed by atoms with Gasteiger partial charge in [-0.25, -0.2) is 0 Å². The van der Waals surface area contributed by atoms with Crippen LogP contribution in [-0.2, 0) is 20.1 Å². The Morgan fingerprint density at radius 2 is 2.42 bits per heavy atom. The molecule has 1 aliphatic heterocycles. The standard InChI is InChI=1S/C8H14N4/c1-3-10-8-6-4-9-5-7(6)11-12(8)2/h9-10H,3-5H2,1-2H3. The molecule has 0 spiro atoms. The van der Waals surface area contributed by atoms with Crippen LogP contribution < -0.4 is 10.6 Å². The van der Waals surface area contributed by atoms with Gasteiger partial charge in [-0.15, -0.1) is 0 Å². The van der Waals surface area contributed by atoms with Gasteiger partial charge in [-0.1, -0.05) is 0 Å². The normalized spacial score (nSPS) is 14.8. The summed E-state index contributed by atoms with van der Waals surface area (Å²) in [5.74, 6) is 1.16. The van der Waals surface area contributed by atoms with E-state index in [0.29, 0.717) is 0 Å². The van der Waals surface area contributed by atoms with Crippen molar-refractivity contribution >= 4 is 5.82 Å². The fraction of sp³-hybridized carbons (Fsp3) is 0.625. The number of nitrogens with zero attached hydrogens (tertiary/aromatic N) is 2. The summed E-state index contributed by atoms with van der Waals surface area (Å²) >= 11 is 0. The zero-order valence-electron chi connectivity index (χ0n) is 7.52. The summed E-state index contributed by atoms with van der Waals surface area (Å²) in [7, 11) is 1.98. The van der Waals surface area contributed by atoms with Crippen molar-refractivity contribution < 1.29 is 0 Å². The van der Waals surface area contributed by atoms with E-state index < -0.39 is 0 Å². The first kappa shape index (κ1) is 7.61. The van der Waals surface area contributed by atoms with E-state index in [-0.39, 0.29) is 0 Å². The van der Waals surface area contributed by atoms with Crippen LogP contribution in [0.25, 0.3) is 0 Å². The Morgan fingerprint density at radius 1 is 1.58 bits per heavy atom. The molecule has 0 saturated heterocycles. The third kappa shape index (κ3) is 0.992. The van der Waals surface area contributed by atoms with Crippen LogP contribution in [-0.4, -0.2) is 16.3 Å². The SMILES string of the molecule is CCNc1c2c(nn1C)CNC2. The van der Waals surface area contributed by atoms with Crippen molar-refractivity contribution in [2.24, 2.45) is 7.05 Å². The minimum Gasteiger partial charge on any atom is -0.370 e. The van der Waals surface area contributed by atoms with E-state index in [9.17, 15) is 0 Å². The number of aromatic nitrogens is 2. The number of hydrogen-bond donors (Lipinski definition) is 2. The molecule has 1 aromatic rings. The van der Waals surface area contributed by atoms with Crippen LogP contribution >= 0.6 is 0 Å². The van der Waals surface area contributed by atoms with Gasteiger partial charge in [0.2, 0.25) is 0 Å². The molecule has 4 heteroatoms. The molecule has 0 bridgehead atoms. The number of aryl methyl sites for hydroxylation is 1. The molecule has 0 saturated carbocycles. The number of fused-ring (bicyclic) bond motifs is 1. The molecule has 0 atom stereocenters. The summed E-state index contributed by atoms with van der Waals surface area (Å²) in [5, 5.41) is 11.0. The number of nitrogens with one attached hydrogen (secondary N) is 2. The molecule has 2 N–H and O–H groups in total. The Morgan fingerprint density at radius 3 is 3.17 bits per heavy atom. The fourth-order valence-corrected chi connectivity index (χ4v) is 1.65. The third-order valence-electron chi connectivity index (χ3n) is 2.17. The molecular weight excluding hydrogens is 152 g/mol. The van der Waals surface area contributed by atoms with Crippen molar-refractivity contribution in [3.05, 3.63) is 11.3 Å². The van der Waals surface area contributed by atoms with Gasteiger partial charge in [-0.3, -0.25) is 4.68 Å². The van der Waals surface area contributed by atoms with E-state index in [0.717, 1.165) is 25.5 Å². The number of rotatable bonds is 2. The first-order valence-corrected chi connectivity index (χ1v) is 4.32. The van der Waals surface area contributed by atoms with Crippen LogP contribution in [0.3, 0.4) is 0 Å². The van der Waals surface area contributed by atoms with E-state index in [1.54, 1.807) is 0 Å². The summed E-state index contributed by atoms with van der Waals surface area (Å²) in [6.07, 6.45) is 0. The average Bonchev–Trinajstić information content (AvgIpc) is 2.56. The zero-order chi connectivity index (χ0) is 8.55. The maximum absolute atomic E-state index is 4.40. The summed E-state index contributed by atoms with van der Waals surface area (Å²) < 4.78 is 1.93. The minimum atomic E-state index is 0.911. The Labute approximate surface area is 72.0 Å². The highest BCUT2D eigenvalue weighted by Crippen LogP contribution is 2.22. The van der Waals surface area contributed by atoms with Gasteiger partial charge >= 0.3 is 0 Å². The summed E-state index contributed by atoms with van der Waals surface area (Å²) in [6, 6.07) is 0. The second kappa shape index (κ2) is 2.79. The molecule has 0 radical (unpaired) electrons. The van der Waals surface area contributed by atoms with E-state index in [1.165, 1.54) is 11.3 Å². The first-order valence-electron chi connectivity index (χ1n) is 4.32. The van der Waals surface area contributed by atoms with Crippen molar-refractivity contribution in [1.29, 1.82) is 0 Å². The second-order valence-electron chi connectivity index (χ2n) is 3.03. The predicted molar refractivity (Wildman–Crippen MR) is 47.9 cm³/mol. The molecule has 0 aromatic carbocycles. The molecule has 12 heavy (non-hydrogen) atoms. The van der Waals surface area contributed by atoms with E-state index in [2.05, 4.69) is 22.7 Å². The van der Waals surface area contributed by atoms with Gasteiger partial charge in [0.15, 0.2) is 0 Å².